The minimum Gasteiger partial charge on any atom is -0.352 e. The number of hydrogen-bond donors (Lipinski definition) is 0. The van der Waals surface area contributed by atoms with Gasteiger partial charge in [-0.3, -0.25) is 9.67 Å². The number of rotatable bonds is 2. The van der Waals surface area contributed by atoms with E-state index in [0.717, 1.165) is 42.1 Å². The lowest BCUT2D eigenvalue weighted by Crippen LogP contribution is -2.32. The molecule has 0 fully saturated rings. The number of aryl methyl sites for hydroxylation is 3. The van der Waals surface area contributed by atoms with Gasteiger partial charge in [0.1, 0.15) is 5.82 Å². The van der Waals surface area contributed by atoms with Crippen LogP contribution in [0.2, 0.25) is 0 Å². The van der Waals surface area contributed by atoms with Gasteiger partial charge >= 0.3 is 0 Å². The summed E-state index contributed by atoms with van der Waals surface area (Å²) in [5.74, 6) is 1.08. The van der Waals surface area contributed by atoms with E-state index < -0.39 is 0 Å². The van der Waals surface area contributed by atoms with E-state index in [0.29, 0.717) is 0 Å². The molecular formula is C19H21N5. The fourth-order valence-corrected chi connectivity index (χ4v) is 3.45. The van der Waals surface area contributed by atoms with Gasteiger partial charge in [-0.25, -0.2) is 4.98 Å². The Balaban J connectivity index is 1.69. The normalized spacial score (nSPS) is 13.9. The van der Waals surface area contributed by atoms with Gasteiger partial charge in [-0.05, 0) is 37.1 Å². The largest absolute Gasteiger partial charge is 0.352 e. The van der Waals surface area contributed by atoms with E-state index in [1.807, 2.05) is 37.1 Å². The summed E-state index contributed by atoms with van der Waals surface area (Å²) in [7, 11) is 1.95. The van der Waals surface area contributed by atoms with E-state index >= 15 is 0 Å². The van der Waals surface area contributed by atoms with Crippen molar-refractivity contribution in [2.75, 3.05) is 11.4 Å². The molecule has 3 aromatic rings. The zero-order valence-corrected chi connectivity index (χ0v) is 14.3. The highest BCUT2D eigenvalue weighted by molar-refractivity contribution is 5.65. The van der Waals surface area contributed by atoms with E-state index in [9.17, 15) is 0 Å². The highest BCUT2D eigenvalue weighted by atomic mass is 15.2. The van der Waals surface area contributed by atoms with Crippen molar-refractivity contribution in [3.8, 4) is 11.1 Å². The smallest absolute Gasteiger partial charge is 0.131 e. The Morgan fingerprint density at radius 3 is 2.79 bits per heavy atom. The Hall–Kier alpha value is -2.69. The number of nitrogens with zero attached hydrogens (tertiary/aromatic N) is 5. The lowest BCUT2D eigenvalue weighted by atomic mass is 10.0. The third-order valence-corrected chi connectivity index (χ3v) is 4.65. The lowest BCUT2D eigenvalue weighted by Gasteiger charge is -2.30. The van der Waals surface area contributed by atoms with E-state index in [1.54, 1.807) is 0 Å². The van der Waals surface area contributed by atoms with E-state index in [1.165, 1.54) is 16.8 Å². The predicted molar refractivity (Wildman–Crippen MR) is 94.9 cm³/mol. The SMILES string of the molecule is Cc1cccnc1N1CCc2ncc(-c3cn(C)nc3C)cc2C1. The molecule has 1 aliphatic rings. The van der Waals surface area contributed by atoms with Gasteiger partial charge in [0.15, 0.2) is 0 Å². The van der Waals surface area contributed by atoms with Crippen LogP contribution in [0.3, 0.4) is 0 Å². The van der Waals surface area contributed by atoms with E-state index in [-0.39, 0.29) is 0 Å². The minimum absolute atomic E-state index is 0.855. The molecule has 0 spiro atoms. The summed E-state index contributed by atoms with van der Waals surface area (Å²) in [5, 5.41) is 4.44. The molecule has 5 nitrogen and oxygen atoms in total. The first-order valence-electron chi connectivity index (χ1n) is 8.27. The minimum atomic E-state index is 0.855. The molecule has 0 unspecified atom stereocenters. The van der Waals surface area contributed by atoms with Crippen LogP contribution in [0.5, 0.6) is 0 Å². The van der Waals surface area contributed by atoms with Gasteiger partial charge in [-0.1, -0.05) is 6.07 Å². The number of anilines is 1. The molecule has 0 atom stereocenters. The summed E-state index contributed by atoms with van der Waals surface area (Å²) in [6.07, 6.45) is 6.86. The number of hydrogen-bond acceptors (Lipinski definition) is 4. The van der Waals surface area contributed by atoms with Crippen molar-refractivity contribution in [1.82, 2.24) is 19.7 Å². The Morgan fingerprint density at radius 1 is 1.17 bits per heavy atom. The van der Waals surface area contributed by atoms with Crippen LogP contribution in [0.4, 0.5) is 5.82 Å². The summed E-state index contributed by atoms with van der Waals surface area (Å²) in [6.45, 7) is 5.97. The highest BCUT2D eigenvalue weighted by Crippen LogP contribution is 2.28. The number of pyridine rings is 2. The van der Waals surface area contributed by atoms with Gasteiger partial charge in [-0.15, -0.1) is 0 Å². The fraction of sp³-hybridized carbons (Fsp3) is 0.316. The quantitative estimate of drug-likeness (QED) is 0.728. The zero-order valence-electron chi connectivity index (χ0n) is 14.3. The average molecular weight is 319 g/mol. The number of aromatic nitrogens is 4. The third-order valence-electron chi connectivity index (χ3n) is 4.65. The molecule has 3 aromatic heterocycles. The Kier molecular flexibility index (Phi) is 3.56. The Morgan fingerprint density at radius 2 is 2.04 bits per heavy atom. The maximum absolute atomic E-state index is 4.71. The Labute approximate surface area is 142 Å². The topological polar surface area (TPSA) is 46.8 Å². The second-order valence-electron chi connectivity index (χ2n) is 6.45. The van der Waals surface area contributed by atoms with Crippen molar-refractivity contribution in [3.05, 3.63) is 59.3 Å². The van der Waals surface area contributed by atoms with Crippen LogP contribution < -0.4 is 4.90 Å². The molecule has 0 N–H and O–H groups in total. The van der Waals surface area contributed by atoms with E-state index in [4.69, 9.17) is 4.98 Å². The first-order chi connectivity index (χ1) is 11.6. The standard InChI is InChI=1S/C19H21N5/c1-13-5-4-7-20-19(13)24-8-6-18-16(11-24)9-15(10-21-18)17-12-23(3)22-14(17)2/h4-5,7,9-10,12H,6,8,11H2,1-3H3. The van der Waals surface area contributed by atoms with Crippen LogP contribution >= 0.6 is 0 Å². The molecule has 4 heterocycles. The maximum atomic E-state index is 4.71. The monoisotopic (exact) mass is 319 g/mol. The van der Waals surface area contributed by atoms with Gasteiger partial charge in [-0.2, -0.15) is 5.10 Å². The van der Waals surface area contributed by atoms with Gasteiger partial charge in [0.05, 0.1) is 5.69 Å². The molecule has 0 aliphatic carbocycles. The van der Waals surface area contributed by atoms with Crippen LogP contribution in [0.1, 0.15) is 22.5 Å². The van der Waals surface area contributed by atoms with Crippen molar-refractivity contribution in [3.63, 3.8) is 0 Å². The molecule has 24 heavy (non-hydrogen) atoms. The molecule has 0 bridgehead atoms. The molecule has 4 rings (SSSR count). The first-order valence-corrected chi connectivity index (χ1v) is 8.27. The van der Waals surface area contributed by atoms with Crippen LogP contribution in [-0.4, -0.2) is 26.3 Å². The van der Waals surface area contributed by atoms with Crippen LogP contribution in [0.25, 0.3) is 11.1 Å². The molecule has 1 aliphatic heterocycles. The lowest BCUT2D eigenvalue weighted by molar-refractivity contribution is 0.701. The van der Waals surface area contributed by atoms with Crippen molar-refractivity contribution in [1.29, 1.82) is 0 Å². The number of fused-ring (bicyclic) bond motifs is 1. The summed E-state index contributed by atoms with van der Waals surface area (Å²) in [5.41, 5.74) is 7.02. The maximum Gasteiger partial charge on any atom is 0.131 e. The molecule has 122 valence electrons. The molecular weight excluding hydrogens is 298 g/mol. The van der Waals surface area contributed by atoms with Crippen LogP contribution in [0.15, 0.2) is 36.8 Å². The molecule has 0 amide bonds. The van der Waals surface area contributed by atoms with Crippen LogP contribution in [0, 0.1) is 13.8 Å². The summed E-state index contributed by atoms with van der Waals surface area (Å²) < 4.78 is 1.85. The van der Waals surface area contributed by atoms with Gasteiger partial charge in [0.2, 0.25) is 0 Å². The van der Waals surface area contributed by atoms with Crippen LogP contribution in [-0.2, 0) is 20.0 Å². The van der Waals surface area contributed by atoms with E-state index in [2.05, 4.69) is 40.2 Å². The highest BCUT2D eigenvalue weighted by Gasteiger charge is 2.20. The predicted octanol–water partition coefficient (Wildman–Crippen LogP) is 3.06. The summed E-state index contributed by atoms with van der Waals surface area (Å²) >= 11 is 0. The third kappa shape index (κ3) is 2.56. The van der Waals surface area contributed by atoms with Gasteiger partial charge < -0.3 is 4.90 Å². The second-order valence-corrected chi connectivity index (χ2v) is 6.45. The second kappa shape index (κ2) is 5.74. The van der Waals surface area contributed by atoms with Crippen molar-refractivity contribution in [2.45, 2.75) is 26.8 Å². The van der Waals surface area contributed by atoms with Crippen molar-refractivity contribution < 1.29 is 0 Å². The molecule has 0 saturated heterocycles. The zero-order chi connectivity index (χ0) is 16.7. The molecule has 0 aromatic carbocycles. The van der Waals surface area contributed by atoms with Crippen molar-refractivity contribution in [2.24, 2.45) is 7.05 Å². The van der Waals surface area contributed by atoms with Gasteiger partial charge in [0, 0.05) is 62.0 Å². The molecule has 0 saturated carbocycles. The average Bonchev–Trinajstić information content (AvgIpc) is 2.93. The Bertz CT molecular complexity index is 897. The van der Waals surface area contributed by atoms with Gasteiger partial charge in [0.25, 0.3) is 0 Å². The molecule has 0 radical (unpaired) electrons. The summed E-state index contributed by atoms with van der Waals surface area (Å²) in [6, 6.07) is 6.36. The molecule has 5 heteroatoms. The first kappa shape index (κ1) is 14.9. The fourth-order valence-electron chi connectivity index (χ4n) is 3.45. The van der Waals surface area contributed by atoms with Crippen molar-refractivity contribution >= 4 is 5.82 Å². The summed E-state index contributed by atoms with van der Waals surface area (Å²) in [4.78, 5) is 11.6.